The maximum Gasteiger partial charge on any atom is 0.160 e. The van der Waals surface area contributed by atoms with Gasteiger partial charge in [0, 0.05) is 91.8 Å². The van der Waals surface area contributed by atoms with E-state index in [2.05, 4.69) is 346 Å². The van der Waals surface area contributed by atoms with Crippen molar-refractivity contribution in [2.45, 2.75) is 0 Å². The van der Waals surface area contributed by atoms with Crippen LogP contribution in [0.4, 0.5) is 0 Å². The van der Waals surface area contributed by atoms with E-state index in [1.54, 1.807) is 0 Å². The summed E-state index contributed by atoms with van der Waals surface area (Å²) in [6.07, 6.45) is 0. The molecule has 0 saturated heterocycles. The predicted molar refractivity (Wildman–Crippen MR) is 562 cm³/mol. The summed E-state index contributed by atoms with van der Waals surface area (Å²) in [5.74, 6) is 2.09. The Morgan fingerprint density at radius 2 is 0.415 bits per heavy atom. The minimum absolute atomic E-state index is 0.680. The summed E-state index contributed by atoms with van der Waals surface area (Å²) in [4.78, 5) is 30.4. The third-order valence-corrected chi connectivity index (χ3v) is 26.8. The molecule has 9 heteroatoms. The van der Waals surface area contributed by atoms with Crippen LogP contribution in [0, 0.1) is 0 Å². The lowest BCUT2D eigenvalue weighted by Crippen LogP contribution is -1.96. The fraction of sp³-hybridized carbons (Fsp3) is 0. The van der Waals surface area contributed by atoms with Gasteiger partial charge in [-0.2, -0.15) is 0 Å². The standard InChI is InChI=1S/C46H28N2O.C40H26N2O.C40H26N2S/c1-3-13-29(14-4-1)41-28-42(48-46(47-41)30-15-5-2-6-16-30)38-26-25-32(44-39-21-11-12-22-43(39)49-45(38)44)31-23-24-37-35-19-8-7-17-33(35)34-18-9-10-20-36(34)40(37)27-31;2*1-4-12-27(13-5-1)28-20-22-29(23-21-28)32-24-25-33(39-38(32)34-18-10-11-19-37(34)43-39)36-26-35(30-14-6-2-7-15-30)41-40(42-36)31-16-8-3-9-17-31/h1-28H;2*1-26H. The second-order valence-electron chi connectivity index (χ2n) is 33.7. The van der Waals surface area contributed by atoms with Gasteiger partial charge in [-0.25, -0.2) is 29.9 Å². The van der Waals surface area contributed by atoms with E-state index in [9.17, 15) is 0 Å². The molecule has 0 aliphatic rings. The molecule has 6 aromatic heterocycles. The molecule has 26 rings (SSSR count). The molecule has 0 aliphatic carbocycles. The molecule has 26 aromatic rings. The first-order valence-corrected chi connectivity index (χ1v) is 46.2. The molecule has 0 saturated carbocycles. The van der Waals surface area contributed by atoms with Crippen LogP contribution in [0.5, 0.6) is 0 Å². The fourth-order valence-electron chi connectivity index (χ4n) is 19.0. The van der Waals surface area contributed by atoms with Gasteiger partial charge in [-0.3, -0.25) is 0 Å². The largest absolute Gasteiger partial charge is 0.455 e. The smallest absolute Gasteiger partial charge is 0.160 e. The maximum atomic E-state index is 6.75. The molecule has 20 aromatic carbocycles. The Morgan fingerprint density at radius 1 is 0.156 bits per heavy atom. The van der Waals surface area contributed by atoms with Gasteiger partial charge < -0.3 is 8.83 Å². The summed E-state index contributed by atoms with van der Waals surface area (Å²) in [6.45, 7) is 0. The number of rotatable bonds is 14. The molecule has 0 atom stereocenters. The Hall–Kier alpha value is -17.8. The van der Waals surface area contributed by atoms with Gasteiger partial charge in [0.05, 0.1) is 34.2 Å². The lowest BCUT2D eigenvalue weighted by molar-refractivity contribution is 0.669. The second-order valence-corrected chi connectivity index (χ2v) is 34.8. The van der Waals surface area contributed by atoms with E-state index in [-0.39, 0.29) is 0 Å². The lowest BCUT2D eigenvalue weighted by atomic mass is 9.90. The zero-order valence-electron chi connectivity index (χ0n) is 73.1. The Morgan fingerprint density at radius 3 is 0.807 bits per heavy atom. The van der Waals surface area contributed by atoms with E-state index in [0.717, 1.165) is 156 Å². The van der Waals surface area contributed by atoms with Crippen LogP contribution in [-0.2, 0) is 0 Å². The summed E-state index contributed by atoms with van der Waals surface area (Å²) in [7, 11) is 0. The Balaban J connectivity index is 0.000000111. The van der Waals surface area contributed by atoms with Crippen molar-refractivity contribution in [2.24, 2.45) is 0 Å². The van der Waals surface area contributed by atoms with Crippen molar-refractivity contribution in [3.63, 3.8) is 0 Å². The predicted octanol–water partition coefficient (Wildman–Crippen LogP) is 34.4. The highest BCUT2D eigenvalue weighted by Crippen LogP contribution is 2.50. The molecule has 0 amide bonds. The molecule has 135 heavy (non-hydrogen) atoms. The highest BCUT2D eigenvalue weighted by atomic mass is 32.1. The molecule has 0 radical (unpaired) electrons. The van der Waals surface area contributed by atoms with E-state index < -0.39 is 0 Å². The van der Waals surface area contributed by atoms with Crippen molar-refractivity contribution in [3.05, 3.63) is 485 Å². The van der Waals surface area contributed by atoms with Crippen LogP contribution in [0.2, 0.25) is 0 Å². The van der Waals surface area contributed by atoms with Gasteiger partial charge in [-0.05, 0) is 143 Å². The molecule has 0 spiro atoms. The van der Waals surface area contributed by atoms with Crippen molar-refractivity contribution < 1.29 is 8.83 Å². The first-order chi connectivity index (χ1) is 66.9. The van der Waals surface area contributed by atoms with E-state index in [1.807, 2.05) is 151 Å². The minimum atomic E-state index is 0.680. The number of hydrogen-bond donors (Lipinski definition) is 0. The monoisotopic (exact) mass is 1740 g/mol. The number of nitrogens with zero attached hydrogens (tertiary/aromatic N) is 6. The zero-order chi connectivity index (χ0) is 89.5. The summed E-state index contributed by atoms with van der Waals surface area (Å²) < 4.78 is 15.9. The van der Waals surface area contributed by atoms with Crippen LogP contribution >= 0.6 is 11.3 Å². The molecular weight excluding hydrogens is 1660 g/mol. The van der Waals surface area contributed by atoms with Crippen LogP contribution in [0.25, 0.3) is 254 Å². The third kappa shape index (κ3) is 15.5. The molecule has 0 fully saturated rings. The zero-order valence-corrected chi connectivity index (χ0v) is 73.9. The highest BCUT2D eigenvalue weighted by Gasteiger charge is 2.26. The lowest BCUT2D eigenvalue weighted by Gasteiger charge is -2.13. The second kappa shape index (κ2) is 35.3. The Kier molecular flexibility index (Phi) is 21.0. The van der Waals surface area contributed by atoms with E-state index >= 15 is 0 Å². The Labute approximate surface area is 783 Å². The van der Waals surface area contributed by atoms with Crippen LogP contribution in [-0.4, -0.2) is 29.9 Å². The van der Waals surface area contributed by atoms with Gasteiger partial charge in [-0.15, -0.1) is 11.3 Å². The first kappa shape index (κ1) is 80.5. The molecule has 0 N–H and O–H groups in total. The number of benzene rings is 20. The van der Waals surface area contributed by atoms with Crippen molar-refractivity contribution in [1.82, 2.24) is 29.9 Å². The molecule has 0 bridgehead atoms. The highest BCUT2D eigenvalue weighted by molar-refractivity contribution is 7.26. The molecule has 0 unspecified atom stereocenters. The summed E-state index contributed by atoms with van der Waals surface area (Å²) in [5.41, 5.74) is 29.5. The van der Waals surface area contributed by atoms with Crippen molar-refractivity contribution in [3.8, 4) is 157 Å². The molecule has 6 heterocycles. The van der Waals surface area contributed by atoms with Crippen LogP contribution in [0.1, 0.15) is 0 Å². The molecule has 0 aliphatic heterocycles. The first-order valence-electron chi connectivity index (χ1n) is 45.4. The SMILES string of the molecule is c1ccc(-c2cc(-c3ccc(-c4ccc5c6ccccc6c6ccccc6c5c4)c4c3oc3ccccc34)nc(-c3ccccc3)n2)cc1.c1ccc(-c2ccc(-c3ccc(-c4cc(-c5ccccc5)nc(-c5ccccc5)n4)c4oc5ccccc5c34)cc2)cc1.c1ccc(-c2ccc(-c3ccc(-c4cc(-c5ccccc5)nc(-c5ccccc5)n4)c4sc5ccccc5c34)cc2)cc1. The number of para-hydroxylation sites is 2. The Bertz CT molecular complexity index is 8400. The molecule has 8 nitrogen and oxygen atoms in total. The molecule has 632 valence electrons. The average molecular weight is 1740 g/mol. The van der Waals surface area contributed by atoms with E-state index in [4.69, 9.17) is 38.7 Å². The van der Waals surface area contributed by atoms with E-state index in [0.29, 0.717) is 11.6 Å². The van der Waals surface area contributed by atoms with E-state index in [1.165, 1.54) is 85.9 Å². The van der Waals surface area contributed by atoms with Crippen molar-refractivity contribution >= 4 is 108 Å². The number of aromatic nitrogens is 6. The summed E-state index contributed by atoms with van der Waals surface area (Å²) in [5, 5.41) is 14.4. The van der Waals surface area contributed by atoms with Gasteiger partial charge in [0.2, 0.25) is 0 Å². The van der Waals surface area contributed by atoms with Crippen LogP contribution in [0.3, 0.4) is 0 Å². The fourth-order valence-corrected chi connectivity index (χ4v) is 20.3. The van der Waals surface area contributed by atoms with Crippen LogP contribution in [0.15, 0.2) is 494 Å². The molecular formula is C126H80N6O2S. The maximum absolute atomic E-state index is 6.75. The number of furan rings is 2. The quantitative estimate of drug-likeness (QED) is 0.0992. The number of hydrogen-bond acceptors (Lipinski definition) is 9. The van der Waals surface area contributed by atoms with Crippen LogP contribution < -0.4 is 0 Å². The summed E-state index contributed by atoms with van der Waals surface area (Å²) in [6, 6.07) is 169. The normalized spacial score (nSPS) is 11.4. The summed E-state index contributed by atoms with van der Waals surface area (Å²) >= 11 is 1.83. The topological polar surface area (TPSA) is 104 Å². The van der Waals surface area contributed by atoms with Gasteiger partial charge in [0.25, 0.3) is 0 Å². The van der Waals surface area contributed by atoms with Gasteiger partial charge in [-0.1, -0.05) is 431 Å². The number of thiophene rings is 1. The van der Waals surface area contributed by atoms with Gasteiger partial charge in [0.1, 0.15) is 22.3 Å². The van der Waals surface area contributed by atoms with Crippen molar-refractivity contribution in [2.75, 3.05) is 0 Å². The minimum Gasteiger partial charge on any atom is -0.455 e. The van der Waals surface area contributed by atoms with Gasteiger partial charge >= 0.3 is 0 Å². The average Bonchev–Trinajstić information content (AvgIpc) is 1.72. The van der Waals surface area contributed by atoms with Gasteiger partial charge in [0.15, 0.2) is 17.5 Å². The van der Waals surface area contributed by atoms with Crippen molar-refractivity contribution in [1.29, 1.82) is 0 Å². The third-order valence-electron chi connectivity index (χ3n) is 25.6. The number of fused-ring (bicyclic) bond motifs is 15.